The fourth-order valence-electron chi connectivity index (χ4n) is 1.51. The van der Waals surface area contributed by atoms with Crippen LogP contribution in [0.4, 0.5) is 0 Å². The fourth-order valence-corrected chi connectivity index (χ4v) is 2.17. The molecule has 4 nitrogen and oxygen atoms in total. The van der Waals surface area contributed by atoms with Crippen LogP contribution in [0.1, 0.15) is 25.8 Å². The smallest absolute Gasteiger partial charge is 0.0942 e. The van der Waals surface area contributed by atoms with E-state index in [1.54, 1.807) is 17.5 Å². The van der Waals surface area contributed by atoms with Crippen molar-refractivity contribution in [3.05, 3.63) is 16.6 Å². The highest BCUT2D eigenvalue weighted by atomic mass is 32.1. The summed E-state index contributed by atoms with van der Waals surface area (Å²) in [4.78, 5) is 4.25. The van der Waals surface area contributed by atoms with Crippen LogP contribution in [0.25, 0.3) is 0 Å². The van der Waals surface area contributed by atoms with Crippen LogP contribution in [0.5, 0.6) is 0 Å². The number of thiazole rings is 1. The van der Waals surface area contributed by atoms with Crippen molar-refractivity contribution in [2.45, 2.75) is 38.8 Å². The second-order valence-electron chi connectivity index (χ2n) is 3.89. The number of nitrogens with one attached hydrogen (secondary N) is 1. The van der Waals surface area contributed by atoms with Crippen LogP contribution in [0, 0.1) is 0 Å². The van der Waals surface area contributed by atoms with Crippen LogP contribution >= 0.6 is 11.3 Å². The molecule has 0 bridgehead atoms. The van der Waals surface area contributed by atoms with Gasteiger partial charge in [-0.2, -0.15) is 0 Å². The molecule has 0 saturated carbocycles. The van der Waals surface area contributed by atoms with Crippen molar-refractivity contribution in [1.29, 1.82) is 0 Å². The van der Waals surface area contributed by atoms with Crippen LogP contribution in [-0.4, -0.2) is 23.2 Å². The van der Waals surface area contributed by atoms with Crippen LogP contribution < -0.4 is 11.3 Å². The van der Waals surface area contributed by atoms with E-state index in [0.717, 1.165) is 11.4 Å². The van der Waals surface area contributed by atoms with E-state index in [4.69, 9.17) is 10.6 Å². The SMILES string of the molecule is CCOC(C)(C)C(Cc1nccs1)NN. The standard InChI is InChI=1S/C10H19N3OS/c1-4-14-10(2,3)8(13-11)7-9-12-5-6-15-9/h5-6,8,13H,4,7,11H2,1-3H3. The maximum absolute atomic E-state index is 5.67. The molecule has 1 aromatic rings. The van der Waals surface area contributed by atoms with Crippen LogP contribution in [0.3, 0.4) is 0 Å². The van der Waals surface area contributed by atoms with Crippen LogP contribution in [0.2, 0.25) is 0 Å². The van der Waals surface area contributed by atoms with Crippen LogP contribution in [-0.2, 0) is 11.2 Å². The van der Waals surface area contributed by atoms with E-state index in [9.17, 15) is 0 Å². The molecule has 0 saturated heterocycles. The zero-order valence-electron chi connectivity index (χ0n) is 9.49. The Kier molecular flexibility index (Phi) is 4.66. The van der Waals surface area contributed by atoms with Gasteiger partial charge in [0.15, 0.2) is 0 Å². The summed E-state index contributed by atoms with van der Waals surface area (Å²) < 4.78 is 5.67. The zero-order valence-corrected chi connectivity index (χ0v) is 10.3. The number of aromatic nitrogens is 1. The molecule has 1 aromatic heterocycles. The molecule has 0 aliphatic carbocycles. The zero-order chi connectivity index (χ0) is 11.3. The van der Waals surface area contributed by atoms with Gasteiger partial charge < -0.3 is 4.74 Å². The molecule has 1 heterocycles. The summed E-state index contributed by atoms with van der Waals surface area (Å²) in [6.07, 6.45) is 2.60. The van der Waals surface area contributed by atoms with E-state index in [1.807, 2.05) is 26.2 Å². The molecule has 1 unspecified atom stereocenters. The highest BCUT2D eigenvalue weighted by Crippen LogP contribution is 2.19. The Morgan fingerprint density at radius 1 is 1.67 bits per heavy atom. The molecule has 0 amide bonds. The summed E-state index contributed by atoms with van der Waals surface area (Å²) in [6, 6.07) is 0.0728. The second-order valence-corrected chi connectivity index (χ2v) is 4.86. The van der Waals surface area contributed by atoms with Crippen molar-refractivity contribution in [2.75, 3.05) is 6.61 Å². The third-order valence-electron chi connectivity index (χ3n) is 2.42. The third kappa shape index (κ3) is 3.53. The van der Waals surface area contributed by atoms with Crippen molar-refractivity contribution >= 4 is 11.3 Å². The number of ether oxygens (including phenoxy) is 1. The molecular weight excluding hydrogens is 210 g/mol. The lowest BCUT2D eigenvalue weighted by molar-refractivity contribution is -0.0381. The van der Waals surface area contributed by atoms with Crippen molar-refractivity contribution in [3.8, 4) is 0 Å². The Bertz CT molecular complexity index is 274. The molecule has 0 aromatic carbocycles. The first kappa shape index (κ1) is 12.6. The summed E-state index contributed by atoms with van der Waals surface area (Å²) in [5.41, 5.74) is 2.52. The second kappa shape index (κ2) is 5.55. The van der Waals surface area contributed by atoms with E-state index in [-0.39, 0.29) is 11.6 Å². The molecule has 3 N–H and O–H groups in total. The van der Waals surface area contributed by atoms with Crippen molar-refractivity contribution in [3.63, 3.8) is 0 Å². The molecule has 0 radical (unpaired) electrons. The Hall–Kier alpha value is -0.490. The van der Waals surface area contributed by atoms with Gasteiger partial charge in [0, 0.05) is 24.6 Å². The molecule has 1 rings (SSSR count). The average molecular weight is 229 g/mol. The van der Waals surface area contributed by atoms with E-state index in [1.165, 1.54) is 0 Å². The maximum atomic E-state index is 5.67. The fraction of sp³-hybridized carbons (Fsp3) is 0.700. The Labute approximate surface area is 94.8 Å². The van der Waals surface area contributed by atoms with Gasteiger partial charge in [0.25, 0.3) is 0 Å². The van der Waals surface area contributed by atoms with Crippen molar-refractivity contribution in [2.24, 2.45) is 5.84 Å². The quantitative estimate of drug-likeness (QED) is 0.571. The van der Waals surface area contributed by atoms with E-state index >= 15 is 0 Å². The number of nitrogens with zero attached hydrogens (tertiary/aromatic N) is 1. The normalized spacial score (nSPS) is 14.1. The van der Waals surface area contributed by atoms with Gasteiger partial charge in [-0.3, -0.25) is 11.3 Å². The molecular formula is C10H19N3OS. The lowest BCUT2D eigenvalue weighted by Gasteiger charge is -2.33. The maximum Gasteiger partial charge on any atom is 0.0942 e. The Balaban J connectivity index is 2.62. The molecule has 5 heteroatoms. The number of nitrogens with two attached hydrogens (primary N) is 1. The summed E-state index contributed by atoms with van der Waals surface area (Å²) >= 11 is 1.64. The van der Waals surface area contributed by atoms with E-state index in [0.29, 0.717) is 6.61 Å². The number of hydrogen-bond acceptors (Lipinski definition) is 5. The van der Waals surface area contributed by atoms with Crippen molar-refractivity contribution in [1.82, 2.24) is 10.4 Å². The van der Waals surface area contributed by atoms with Gasteiger partial charge in [-0.25, -0.2) is 4.98 Å². The van der Waals surface area contributed by atoms with E-state index in [2.05, 4.69) is 10.4 Å². The molecule has 15 heavy (non-hydrogen) atoms. The summed E-state index contributed by atoms with van der Waals surface area (Å²) in [7, 11) is 0. The average Bonchev–Trinajstić information content (AvgIpc) is 2.66. The third-order valence-corrected chi connectivity index (χ3v) is 3.22. The molecule has 1 atom stereocenters. The lowest BCUT2D eigenvalue weighted by atomic mass is 9.96. The van der Waals surface area contributed by atoms with Gasteiger partial charge in [0.2, 0.25) is 0 Å². The Morgan fingerprint density at radius 2 is 2.40 bits per heavy atom. The number of hydrazine groups is 1. The largest absolute Gasteiger partial charge is 0.374 e. The highest BCUT2D eigenvalue weighted by Gasteiger charge is 2.29. The first-order valence-corrected chi connectivity index (χ1v) is 5.96. The molecule has 0 aliphatic heterocycles. The Morgan fingerprint density at radius 3 is 2.87 bits per heavy atom. The highest BCUT2D eigenvalue weighted by molar-refractivity contribution is 7.09. The molecule has 0 spiro atoms. The first-order chi connectivity index (χ1) is 7.10. The number of hydrogen-bond donors (Lipinski definition) is 2. The summed E-state index contributed by atoms with van der Waals surface area (Å²) in [5, 5.41) is 3.04. The minimum absolute atomic E-state index is 0.0728. The van der Waals surface area contributed by atoms with E-state index < -0.39 is 0 Å². The molecule has 0 fully saturated rings. The molecule has 86 valence electrons. The summed E-state index contributed by atoms with van der Waals surface area (Å²) in [6.45, 7) is 6.74. The minimum Gasteiger partial charge on any atom is -0.374 e. The van der Waals surface area contributed by atoms with Crippen molar-refractivity contribution < 1.29 is 4.74 Å². The van der Waals surface area contributed by atoms with Gasteiger partial charge in [0.05, 0.1) is 16.7 Å². The number of rotatable bonds is 6. The monoisotopic (exact) mass is 229 g/mol. The van der Waals surface area contributed by atoms with Gasteiger partial charge in [0.1, 0.15) is 0 Å². The first-order valence-electron chi connectivity index (χ1n) is 5.08. The summed E-state index contributed by atoms with van der Waals surface area (Å²) in [5.74, 6) is 5.55. The van der Waals surface area contributed by atoms with Gasteiger partial charge in [-0.1, -0.05) is 0 Å². The van der Waals surface area contributed by atoms with Gasteiger partial charge >= 0.3 is 0 Å². The predicted octanol–water partition coefficient (Wildman–Crippen LogP) is 1.33. The topological polar surface area (TPSA) is 60.2 Å². The predicted molar refractivity (Wildman–Crippen MR) is 62.6 cm³/mol. The van der Waals surface area contributed by atoms with Crippen LogP contribution in [0.15, 0.2) is 11.6 Å². The minimum atomic E-state index is -0.283. The van der Waals surface area contributed by atoms with Gasteiger partial charge in [-0.15, -0.1) is 11.3 Å². The molecule has 0 aliphatic rings. The lowest BCUT2D eigenvalue weighted by Crippen LogP contribution is -2.52. The van der Waals surface area contributed by atoms with Gasteiger partial charge in [-0.05, 0) is 20.8 Å².